The zero-order valence-corrected chi connectivity index (χ0v) is 17.1. The lowest BCUT2D eigenvalue weighted by atomic mass is 10.1. The fourth-order valence-corrected chi connectivity index (χ4v) is 3.16. The Hall–Kier alpha value is -3.40. The fraction of sp³-hybridized carbons (Fsp3) is 0.158. The molecule has 1 heterocycles. The molecule has 3 rings (SSSR count). The van der Waals surface area contributed by atoms with Crippen LogP contribution in [0.25, 0.3) is 10.9 Å². The van der Waals surface area contributed by atoms with E-state index in [-0.39, 0.29) is 12.3 Å². The van der Waals surface area contributed by atoms with Gasteiger partial charge >= 0.3 is 0 Å². The van der Waals surface area contributed by atoms with Gasteiger partial charge in [-0.25, -0.2) is 5.43 Å². The minimum Gasteiger partial charge on any atom is -0.497 e. The number of nitro benzene ring substituents is 1. The summed E-state index contributed by atoms with van der Waals surface area (Å²) in [5.74, 6) is 0.699. The van der Waals surface area contributed by atoms with Crippen LogP contribution in [-0.2, 0) is 4.79 Å². The number of aryl methyl sites for hydroxylation is 1. The molecule has 0 bridgehead atoms. The number of methoxy groups -OCH3 is 1. The Bertz CT molecular complexity index is 1110. The molecule has 0 aliphatic rings. The third kappa shape index (κ3) is 4.72. The molecule has 0 unspecified atom stereocenters. The molecule has 0 radical (unpaired) electrons. The highest BCUT2D eigenvalue weighted by atomic mass is 79.9. The smallest absolute Gasteiger partial charge is 0.277 e. The lowest BCUT2D eigenvalue weighted by molar-refractivity contribution is -0.384. The standard InChI is InChI=1S/C19H17BrN4O5/c1-11-15(14-7-12(24(26)27)3-5-17(14)22-11)9-21-23-19(25)10-29-18-6-4-13(28-2)8-16(18)20/h3-9,22H,10H2,1-2H3,(H,23,25)/b21-9+. The number of carbonyl (C=O) groups excluding carboxylic acids is 1. The Labute approximate surface area is 174 Å². The van der Waals surface area contributed by atoms with Gasteiger partial charge in [0, 0.05) is 34.3 Å². The Balaban J connectivity index is 1.65. The molecule has 0 saturated carbocycles. The Morgan fingerprint density at radius 2 is 2.14 bits per heavy atom. The van der Waals surface area contributed by atoms with Gasteiger partial charge < -0.3 is 14.5 Å². The third-order valence-corrected chi connectivity index (χ3v) is 4.73. The monoisotopic (exact) mass is 460 g/mol. The largest absolute Gasteiger partial charge is 0.497 e. The second-order valence-corrected chi connectivity index (χ2v) is 6.88. The van der Waals surface area contributed by atoms with Crippen LogP contribution in [0.2, 0.25) is 0 Å². The SMILES string of the molecule is COc1ccc(OCC(=O)N/N=C/c2c(C)[nH]c3ccc([N+](=O)[O-])cc23)c(Br)c1. The summed E-state index contributed by atoms with van der Waals surface area (Å²) in [6.07, 6.45) is 1.44. The normalized spacial score (nSPS) is 11.0. The van der Waals surface area contributed by atoms with Crippen molar-refractivity contribution in [2.24, 2.45) is 5.10 Å². The summed E-state index contributed by atoms with van der Waals surface area (Å²) >= 11 is 3.35. The molecule has 2 N–H and O–H groups in total. The number of carbonyl (C=O) groups is 1. The third-order valence-electron chi connectivity index (χ3n) is 4.11. The van der Waals surface area contributed by atoms with Crippen LogP contribution in [0.3, 0.4) is 0 Å². The first-order valence-electron chi connectivity index (χ1n) is 8.44. The number of nitro groups is 1. The number of amides is 1. The number of benzene rings is 2. The van der Waals surface area contributed by atoms with E-state index in [9.17, 15) is 14.9 Å². The summed E-state index contributed by atoms with van der Waals surface area (Å²) in [4.78, 5) is 25.6. The highest BCUT2D eigenvalue weighted by Crippen LogP contribution is 2.29. The van der Waals surface area contributed by atoms with Crippen LogP contribution in [-0.4, -0.2) is 35.7 Å². The molecule has 150 valence electrons. The van der Waals surface area contributed by atoms with Crippen molar-refractivity contribution >= 4 is 44.6 Å². The summed E-state index contributed by atoms with van der Waals surface area (Å²) in [5, 5.41) is 15.6. The Morgan fingerprint density at radius 3 is 2.83 bits per heavy atom. The van der Waals surface area contributed by atoms with Crippen LogP contribution in [0.4, 0.5) is 5.69 Å². The lowest BCUT2D eigenvalue weighted by Gasteiger charge is -2.08. The average Bonchev–Trinajstić information content (AvgIpc) is 3.01. The lowest BCUT2D eigenvalue weighted by Crippen LogP contribution is -2.24. The predicted octanol–water partition coefficient (Wildman–Crippen LogP) is 3.68. The molecule has 3 aromatic rings. The summed E-state index contributed by atoms with van der Waals surface area (Å²) in [7, 11) is 1.56. The predicted molar refractivity (Wildman–Crippen MR) is 112 cm³/mol. The van der Waals surface area contributed by atoms with E-state index >= 15 is 0 Å². The van der Waals surface area contributed by atoms with Crippen molar-refractivity contribution in [2.45, 2.75) is 6.92 Å². The van der Waals surface area contributed by atoms with Crippen LogP contribution >= 0.6 is 15.9 Å². The van der Waals surface area contributed by atoms with Crippen LogP contribution < -0.4 is 14.9 Å². The molecular weight excluding hydrogens is 444 g/mol. The minimum absolute atomic E-state index is 0.0198. The summed E-state index contributed by atoms with van der Waals surface area (Å²) in [6, 6.07) is 9.65. The first kappa shape index (κ1) is 20.3. The van der Waals surface area contributed by atoms with Gasteiger partial charge in [0.1, 0.15) is 11.5 Å². The van der Waals surface area contributed by atoms with Gasteiger partial charge in [-0.2, -0.15) is 5.10 Å². The minimum atomic E-state index is -0.459. The summed E-state index contributed by atoms with van der Waals surface area (Å²) < 4.78 is 11.2. The molecule has 0 atom stereocenters. The number of rotatable bonds is 7. The molecular formula is C19H17BrN4O5. The van der Waals surface area contributed by atoms with Gasteiger partial charge in [0.15, 0.2) is 6.61 Å². The summed E-state index contributed by atoms with van der Waals surface area (Å²) in [6.45, 7) is 1.58. The second-order valence-electron chi connectivity index (χ2n) is 6.03. The van der Waals surface area contributed by atoms with Gasteiger partial charge in [0.25, 0.3) is 11.6 Å². The van der Waals surface area contributed by atoms with Gasteiger partial charge in [-0.1, -0.05) is 0 Å². The van der Waals surface area contributed by atoms with E-state index in [0.717, 1.165) is 11.2 Å². The van der Waals surface area contributed by atoms with Crippen molar-refractivity contribution in [3.05, 3.63) is 62.2 Å². The molecule has 10 heteroatoms. The zero-order chi connectivity index (χ0) is 21.0. The van der Waals surface area contributed by atoms with E-state index in [1.165, 1.54) is 18.3 Å². The number of hydrogen-bond acceptors (Lipinski definition) is 6. The number of aromatic amines is 1. The maximum absolute atomic E-state index is 12.0. The fourth-order valence-electron chi connectivity index (χ4n) is 2.69. The van der Waals surface area contributed by atoms with E-state index in [1.807, 2.05) is 6.92 Å². The average molecular weight is 461 g/mol. The number of H-pyrrole nitrogens is 1. The number of aromatic nitrogens is 1. The zero-order valence-electron chi connectivity index (χ0n) is 15.6. The number of hydrogen-bond donors (Lipinski definition) is 2. The van der Waals surface area contributed by atoms with Crippen molar-refractivity contribution < 1.29 is 19.2 Å². The van der Waals surface area contributed by atoms with E-state index in [4.69, 9.17) is 9.47 Å². The van der Waals surface area contributed by atoms with Crippen LogP contribution in [0.5, 0.6) is 11.5 Å². The van der Waals surface area contributed by atoms with Crippen molar-refractivity contribution in [3.8, 4) is 11.5 Å². The van der Waals surface area contributed by atoms with Gasteiger partial charge in [0.05, 0.1) is 22.7 Å². The number of non-ortho nitro benzene ring substituents is 1. The van der Waals surface area contributed by atoms with Crippen LogP contribution in [0.15, 0.2) is 46.0 Å². The second kappa shape index (κ2) is 8.74. The molecule has 0 aliphatic heterocycles. The van der Waals surface area contributed by atoms with Gasteiger partial charge in [-0.15, -0.1) is 0 Å². The molecule has 0 spiro atoms. The van der Waals surface area contributed by atoms with Gasteiger partial charge in [-0.3, -0.25) is 14.9 Å². The van der Waals surface area contributed by atoms with Crippen molar-refractivity contribution in [2.75, 3.05) is 13.7 Å². The molecule has 0 saturated heterocycles. The highest BCUT2D eigenvalue weighted by molar-refractivity contribution is 9.10. The number of ether oxygens (including phenoxy) is 2. The maximum atomic E-state index is 12.0. The molecule has 2 aromatic carbocycles. The Morgan fingerprint density at radius 1 is 1.34 bits per heavy atom. The molecule has 9 nitrogen and oxygen atoms in total. The number of halogens is 1. The first-order valence-corrected chi connectivity index (χ1v) is 9.23. The number of fused-ring (bicyclic) bond motifs is 1. The van der Waals surface area contributed by atoms with E-state index in [2.05, 4.69) is 31.4 Å². The topological polar surface area (TPSA) is 119 Å². The van der Waals surface area contributed by atoms with Crippen molar-refractivity contribution in [1.82, 2.24) is 10.4 Å². The van der Waals surface area contributed by atoms with Gasteiger partial charge in [-0.05, 0) is 47.1 Å². The molecule has 0 aliphatic carbocycles. The van der Waals surface area contributed by atoms with Crippen molar-refractivity contribution in [3.63, 3.8) is 0 Å². The maximum Gasteiger partial charge on any atom is 0.277 e. The van der Waals surface area contributed by atoms with Crippen LogP contribution in [0, 0.1) is 17.0 Å². The Kier molecular flexibility index (Phi) is 6.13. The molecule has 29 heavy (non-hydrogen) atoms. The van der Waals surface area contributed by atoms with E-state index in [0.29, 0.717) is 26.9 Å². The van der Waals surface area contributed by atoms with Crippen LogP contribution in [0.1, 0.15) is 11.3 Å². The molecule has 1 amide bonds. The number of hydrazone groups is 1. The first-order chi connectivity index (χ1) is 13.9. The van der Waals surface area contributed by atoms with Crippen molar-refractivity contribution in [1.29, 1.82) is 0 Å². The molecule has 0 fully saturated rings. The van der Waals surface area contributed by atoms with Gasteiger partial charge in [0.2, 0.25) is 0 Å². The summed E-state index contributed by atoms with van der Waals surface area (Å²) in [5.41, 5.74) is 4.53. The highest BCUT2D eigenvalue weighted by Gasteiger charge is 2.12. The molecule has 1 aromatic heterocycles. The quantitative estimate of drug-likeness (QED) is 0.316. The van der Waals surface area contributed by atoms with E-state index in [1.54, 1.807) is 31.4 Å². The van der Waals surface area contributed by atoms with E-state index < -0.39 is 10.8 Å². The number of nitrogens with one attached hydrogen (secondary N) is 2. The number of nitrogens with zero attached hydrogens (tertiary/aromatic N) is 2.